The van der Waals surface area contributed by atoms with Gasteiger partial charge in [0.05, 0.1) is 5.54 Å². The highest BCUT2D eigenvalue weighted by Crippen LogP contribution is 2.39. The topological polar surface area (TPSA) is 55.1 Å². The quantitative estimate of drug-likeness (QED) is 0.677. The van der Waals surface area contributed by atoms with E-state index in [0.29, 0.717) is 12.5 Å². The molecule has 0 aliphatic heterocycles. The van der Waals surface area contributed by atoms with Crippen molar-refractivity contribution in [2.75, 3.05) is 6.54 Å². The largest absolute Gasteiger partial charge is 0.346 e. The van der Waals surface area contributed by atoms with E-state index in [1.54, 1.807) is 0 Å². The maximum atomic E-state index is 11.8. The third kappa shape index (κ3) is 3.06. The zero-order valence-electron chi connectivity index (χ0n) is 9.97. The first-order valence-corrected chi connectivity index (χ1v) is 5.73. The summed E-state index contributed by atoms with van der Waals surface area (Å²) in [6.45, 7) is 6.44. The molecule has 1 aliphatic carbocycles. The lowest BCUT2D eigenvalue weighted by Gasteiger charge is -2.29. The van der Waals surface area contributed by atoms with Gasteiger partial charge in [0.2, 0.25) is 5.91 Å². The van der Waals surface area contributed by atoms with Crippen LogP contribution in [0.25, 0.3) is 0 Å². The zero-order valence-corrected chi connectivity index (χ0v) is 9.97. The zero-order chi connectivity index (χ0) is 11.5. The van der Waals surface area contributed by atoms with E-state index >= 15 is 0 Å². The second-order valence-corrected chi connectivity index (χ2v) is 4.65. The summed E-state index contributed by atoms with van der Waals surface area (Å²) in [6, 6.07) is 0. The highest BCUT2D eigenvalue weighted by molar-refractivity contribution is 5.93. The average Bonchev–Trinajstić information content (AvgIpc) is 3.01. The maximum Gasteiger partial charge on any atom is 0.247 e. The van der Waals surface area contributed by atoms with Crippen LogP contribution >= 0.6 is 0 Å². The summed E-state index contributed by atoms with van der Waals surface area (Å²) in [5.74, 6) is 0.595. The third-order valence-electron chi connectivity index (χ3n) is 3.17. The molecule has 0 aromatic rings. The molecule has 0 spiro atoms. The fourth-order valence-electron chi connectivity index (χ4n) is 1.80. The van der Waals surface area contributed by atoms with Crippen LogP contribution in [0.15, 0.2) is 11.6 Å². The van der Waals surface area contributed by atoms with Crippen LogP contribution in [0.3, 0.4) is 0 Å². The number of nitrogens with two attached hydrogens (primary N) is 1. The van der Waals surface area contributed by atoms with Crippen LogP contribution in [-0.4, -0.2) is 18.0 Å². The summed E-state index contributed by atoms with van der Waals surface area (Å²) in [6.07, 6.45) is 5.20. The molecule has 1 saturated carbocycles. The fourth-order valence-corrected chi connectivity index (χ4v) is 1.80. The van der Waals surface area contributed by atoms with Gasteiger partial charge in [-0.2, -0.15) is 0 Å². The van der Waals surface area contributed by atoms with Gasteiger partial charge in [0.1, 0.15) is 0 Å². The first kappa shape index (κ1) is 12.2. The molecule has 3 N–H and O–H groups in total. The Labute approximate surface area is 92.1 Å². The lowest BCUT2D eigenvalue weighted by atomic mass is 9.95. The molecule has 0 radical (unpaired) electrons. The van der Waals surface area contributed by atoms with Crippen LogP contribution in [0.2, 0.25) is 0 Å². The van der Waals surface area contributed by atoms with E-state index in [1.807, 2.05) is 26.8 Å². The summed E-state index contributed by atoms with van der Waals surface area (Å²) in [4.78, 5) is 11.8. The SMILES string of the molecule is CC/C=C(/C)C(=O)NC(C)(CN)C1CC1. The summed E-state index contributed by atoms with van der Waals surface area (Å²) in [5.41, 5.74) is 6.32. The number of rotatable bonds is 5. The van der Waals surface area contributed by atoms with Crippen LogP contribution in [0.5, 0.6) is 0 Å². The Balaban J connectivity index is 2.59. The summed E-state index contributed by atoms with van der Waals surface area (Å²) in [7, 11) is 0. The van der Waals surface area contributed by atoms with E-state index in [2.05, 4.69) is 5.32 Å². The molecule has 86 valence electrons. The van der Waals surface area contributed by atoms with Crippen LogP contribution in [0, 0.1) is 5.92 Å². The summed E-state index contributed by atoms with van der Waals surface area (Å²) < 4.78 is 0. The lowest BCUT2D eigenvalue weighted by molar-refractivity contribution is -0.119. The lowest BCUT2D eigenvalue weighted by Crippen LogP contribution is -2.53. The first-order valence-electron chi connectivity index (χ1n) is 5.73. The Morgan fingerprint density at radius 3 is 2.60 bits per heavy atom. The Morgan fingerprint density at radius 2 is 2.20 bits per heavy atom. The van der Waals surface area contributed by atoms with Gasteiger partial charge >= 0.3 is 0 Å². The van der Waals surface area contributed by atoms with Crippen LogP contribution < -0.4 is 11.1 Å². The minimum atomic E-state index is -0.208. The van der Waals surface area contributed by atoms with Gasteiger partial charge in [0.15, 0.2) is 0 Å². The standard InChI is InChI=1S/C12H22N2O/c1-4-5-9(2)11(15)14-12(3,8-13)10-6-7-10/h5,10H,4,6-8,13H2,1-3H3,(H,14,15)/b9-5-. The highest BCUT2D eigenvalue weighted by Gasteiger charge is 2.41. The normalized spacial score (nSPS) is 20.9. The molecule has 3 nitrogen and oxygen atoms in total. The molecule has 1 rings (SSSR count). The molecule has 1 atom stereocenters. The van der Waals surface area contributed by atoms with Crippen LogP contribution in [-0.2, 0) is 4.79 Å². The predicted molar refractivity (Wildman–Crippen MR) is 62.4 cm³/mol. The van der Waals surface area contributed by atoms with Gasteiger partial charge in [-0.25, -0.2) is 0 Å². The molecular weight excluding hydrogens is 188 g/mol. The van der Waals surface area contributed by atoms with E-state index in [-0.39, 0.29) is 11.4 Å². The van der Waals surface area contributed by atoms with E-state index in [1.165, 1.54) is 12.8 Å². The Morgan fingerprint density at radius 1 is 1.60 bits per heavy atom. The van der Waals surface area contributed by atoms with Gasteiger partial charge in [-0.3, -0.25) is 4.79 Å². The molecule has 0 aromatic heterocycles. The number of hydrogen-bond donors (Lipinski definition) is 2. The number of amides is 1. The average molecular weight is 210 g/mol. The second-order valence-electron chi connectivity index (χ2n) is 4.65. The molecular formula is C12H22N2O. The summed E-state index contributed by atoms with van der Waals surface area (Å²) >= 11 is 0. The van der Waals surface area contributed by atoms with Crippen molar-refractivity contribution >= 4 is 5.91 Å². The van der Waals surface area contributed by atoms with Crippen molar-refractivity contribution in [2.24, 2.45) is 11.7 Å². The molecule has 3 heteroatoms. The number of allylic oxidation sites excluding steroid dienone is 1. The van der Waals surface area contributed by atoms with E-state index in [0.717, 1.165) is 12.0 Å². The molecule has 1 aliphatic rings. The number of hydrogen-bond acceptors (Lipinski definition) is 2. The van der Waals surface area contributed by atoms with Gasteiger partial charge in [-0.15, -0.1) is 0 Å². The van der Waals surface area contributed by atoms with Gasteiger partial charge in [0, 0.05) is 12.1 Å². The van der Waals surface area contributed by atoms with E-state index < -0.39 is 0 Å². The molecule has 0 bridgehead atoms. The Kier molecular flexibility index (Phi) is 3.91. The molecule has 1 amide bonds. The van der Waals surface area contributed by atoms with Crippen molar-refractivity contribution in [3.8, 4) is 0 Å². The smallest absolute Gasteiger partial charge is 0.247 e. The fraction of sp³-hybridized carbons (Fsp3) is 0.750. The minimum Gasteiger partial charge on any atom is -0.346 e. The number of carbonyl (C=O) groups is 1. The predicted octanol–water partition coefficient (Wildman–Crippen LogP) is 1.59. The Bertz CT molecular complexity index is 269. The van der Waals surface area contributed by atoms with Crippen LogP contribution in [0.4, 0.5) is 0 Å². The molecule has 0 heterocycles. The third-order valence-corrected chi connectivity index (χ3v) is 3.17. The molecule has 0 saturated heterocycles. The number of carbonyl (C=O) groups excluding carboxylic acids is 1. The molecule has 0 aromatic carbocycles. The van der Waals surface area contributed by atoms with Gasteiger partial charge < -0.3 is 11.1 Å². The maximum absolute atomic E-state index is 11.8. The molecule has 15 heavy (non-hydrogen) atoms. The van der Waals surface area contributed by atoms with Gasteiger partial charge in [-0.05, 0) is 39.0 Å². The van der Waals surface area contributed by atoms with Gasteiger partial charge in [-0.1, -0.05) is 13.0 Å². The molecule has 1 unspecified atom stereocenters. The van der Waals surface area contributed by atoms with Crippen molar-refractivity contribution in [3.63, 3.8) is 0 Å². The highest BCUT2D eigenvalue weighted by atomic mass is 16.1. The first-order chi connectivity index (χ1) is 7.03. The van der Waals surface area contributed by atoms with Crippen molar-refractivity contribution in [1.29, 1.82) is 0 Å². The van der Waals surface area contributed by atoms with Crippen molar-refractivity contribution < 1.29 is 4.79 Å². The minimum absolute atomic E-state index is 0.0247. The van der Waals surface area contributed by atoms with Crippen molar-refractivity contribution in [3.05, 3.63) is 11.6 Å². The summed E-state index contributed by atoms with van der Waals surface area (Å²) in [5, 5.41) is 3.06. The van der Waals surface area contributed by atoms with Gasteiger partial charge in [0.25, 0.3) is 0 Å². The molecule has 1 fully saturated rings. The van der Waals surface area contributed by atoms with E-state index in [4.69, 9.17) is 5.73 Å². The van der Waals surface area contributed by atoms with E-state index in [9.17, 15) is 4.79 Å². The van der Waals surface area contributed by atoms with Crippen molar-refractivity contribution in [2.45, 2.75) is 45.6 Å². The Hall–Kier alpha value is -0.830. The van der Waals surface area contributed by atoms with Crippen molar-refractivity contribution in [1.82, 2.24) is 5.32 Å². The van der Waals surface area contributed by atoms with Crippen LogP contribution in [0.1, 0.15) is 40.0 Å². The number of nitrogens with one attached hydrogen (secondary N) is 1. The second kappa shape index (κ2) is 4.79. The monoisotopic (exact) mass is 210 g/mol.